The summed E-state index contributed by atoms with van der Waals surface area (Å²) in [6, 6.07) is 8.66. The highest BCUT2D eigenvalue weighted by molar-refractivity contribution is 5.78. The first-order valence-electron chi connectivity index (χ1n) is 7.08. The maximum absolute atomic E-state index is 11.5. The molecule has 0 aliphatic rings. The lowest BCUT2D eigenvalue weighted by atomic mass is 10.0. The van der Waals surface area contributed by atoms with Crippen LogP contribution < -0.4 is 11.1 Å². The first-order chi connectivity index (χ1) is 9.02. The third-order valence-corrected chi connectivity index (χ3v) is 3.18. The van der Waals surface area contributed by atoms with E-state index in [1.54, 1.807) is 0 Å². The van der Waals surface area contributed by atoms with Crippen LogP contribution in [0.3, 0.4) is 0 Å². The Morgan fingerprint density at radius 2 is 1.74 bits per heavy atom. The Kier molecular flexibility index (Phi) is 6.57. The van der Waals surface area contributed by atoms with Crippen LogP contribution in [-0.2, 0) is 17.6 Å². The predicted octanol–water partition coefficient (Wildman–Crippen LogP) is 2.14. The summed E-state index contributed by atoms with van der Waals surface area (Å²) >= 11 is 0. The summed E-state index contributed by atoms with van der Waals surface area (Å²) in [5, 5.41) is 2.91. The van der Waals surface area contributed by atoms with E-state index < -0.39 is 0 Å². The maximum Gasteiger partial charge on any atom is 0.224 e. The zero-order valence-electron chi connectivity index (χ0n) is 12.3. The summed E-state index contributed by atoms with van der Waals surface area (Å²) in [5.41, 5.74) is 8.08. The lowest BCUT2D eigenvalue weighted by Gasteiger charge is -2.10. The van der Waals surface area contributed by atoms with Crippen molar-refractivity contribution in [3.63, 3.8) is 0 Å². The van der Waals surface area contributed by atoms with Gasteiger partial charge in [0.15, 0.2) is 0 Å². The van der Waals surface area contributed by atoms with Crippen molar-refractivity contribution in [2.75, 3.05) is 13.1 Å². The molecule has 0 radical (unpaired) electrons. The van der Waals surface area contributed by atoms with Gasteiger partial charge >= 0.3 is 0 Å². The highest BCUT2D eigenvalue weighted by Gasteiger charge is 2.09. The number of carbonyl (C=O) groups is 1. The van der Waals surface area contributed by atoms with Crippen LogP contribution in [0, 0.1) is 11.8 Å². The number of hydrogen-bond acceptors (Lipinski definition) is 2. The van der Waals surface area contributed by atoms with Crippen LogP contribution in [-0.4, -0.2) is 19.0 Å². The fourth-order valence-corrected chi connectivity index (χ4v) is 1.92. The largest absolute Gasteiger partial charge is 0.355 e. The molecule has 0 bridgehead atoms. The summed E-state index contributed by atoms with van der Waals surface area (Å²) in [7, 11) is 0. The van der Waals surface area contributed by atoms with E-state index in [2.05, 4.69) is 43.4 Å². The van der Waals surface area contributed by atoms with Crippen molar-refractivity contribution >= 4 is 5.91 Å². The Hall–Kier alpha value is -1.35. The van der Waals surface area contributed by atoms with Crippen molar-refractivity contribution in [2.24, 2.45) is 17.6 Å². The minimum atomic E-state index is -0.103. The second kappa shape index (κ2) is 7.95. The van der Waals surface area contributed by atoms with Crippen molar-refractivity contribution in [1.29, 1.82) is 0 Å². The van der Waals surface area contributed by atoms with E-state index in [0.717, 1.165) is 12.8 Å². The average Bonchev–Trinajstić information content (AvgIpc) is 2.39. The Morgan fingerprint density at radius 3 is 2.26 bits per heavy atom. The highest BCUT2D eigenvalue weighted by atomic mass is 16.1. The summed E-state index contributed by atoms with van der Waals surface area (Å²) in [6.07, 6.45) is 1.98. The van der Waals surface area contributed by atoms with Crippen LogP contribution in [0.1, 0.15) is 31.9 Å². The van der Waals surface area contributed by atoms with Gasteiger partial charge in [0.25, 0.3) is 0 Å². The SMILES string of the molecule is CC(C)Cc1ccc(CCNC(=O)C(C)CN)cc1. The molecule has 1 rings (SSSR count). The third kappa shape index (κ3) is 5.88. The minimum absolute atomic E-state index is 0.0407. The van der Waals surface area contributed by atoms with Gasteiger partial charge < -0.3 is 11.1 Å². The first-order valence-corrected chi connectivity index (χ1v) is 7.08. The van der Waals surface area contributed by atoms with Gasteiger partial charge in [0, 0.05) is 19.0 Å². The van der Waals surface area contributed by atoms with Gasteiger partial charge in [0.2, 0.25) is 5.91 Å². The third-order valence-electron chi connectivity index (χ3n) is 3.18. The van der Waals surface area contributed by atoms with Crippen LogP contribution in [0.15, 0.2) is 24.3 Å². The zero-order valence-corrected chi connectivity index (χ0v) is 12.3. The molecule has 3 N–H and O–H groups in total. The summed E-state index contributed by atoms with van der Waals surface area (Å²) in [6.45, 7) is 7.36. The quantitative estimate of drug-likeness (QED) is 0.791. The Morgan fingerprint density at radius 1 is 1.16 bits per heavy atom. The molecule has 1 aromatic rings. The van der Waals surface area contributed by atoms with Crippen LogP contribution in [0.5, 0.6) is 0 Å². The second-order valence-electron chi connectivity index (χ2n) is 5.59. The molecule has 0 spiro atoms. The lowest BCUT2D eigenvalue weighted by Crippen LogP contribution is -2.34. The molecule has 0 saturated carbocycles. The molecule has 1 amide bonds. The molecule has 0 saturated heterocycles. The normalized spacial score (nSPS) is 12.5. The number of carbonyl (C=O) groups excluding carboxylic acids is 1. The molecule has 1 unspecified atom stereocenters. The molecule has 0 fully saturated rings. The van der Waals surface area contributed by atoms with Crippen molar-refractivity contribution in [1.82, 2.24) is 5.32 Å². The molecule has 1 atom stereocenters. The predicted molar refractivity (Wildman–Crippen MR) is 79.9 cm³/mol. The van der Waals surface area contributed by atoms with Crippen LogP contribution in [0.2, 0.25) is 0 Å². The average molecular weight is 262 g/mol. The zero-order chi connectivity index (χ0) is 14.3. The molecule has 106 valence electrons. The topological polar surface area (TPSA) is 55.1 Å². The number of amides is 1. The second-order valence-corrected chi connectivity index (χ2v) is 5.59. The standard InChI is InChI=1S/C16H26N2O/c1-12(2)10-15-6-4-14(5-7-15)8-9-18-16(19)13(3)11-17/h4-7,12-13H,8-11,17H2,1-3H3,(H,18,19). The number of benzene rings is 1. The number of hydrogen-bond donors (Lipinski definition) is 2. The van der Waals surface area contributed by atoms with Crippen molar-refractivity contribution in [3.05, 3.63) is 35.4 Å². The van der Waals surface area contributed by atoms with Crippen molar-refractivity contribution in [3.8, 4) is 0 Å². The van der Waals surface area contributed by atoms with Gasteiger partial charge in [-0.25, -0.2) is 0 Å². The summed E-state index contributed by atoms with van der Waals surface area (Å²) in [4.78, 5) is 11.5. The van der Waals surface area contributed by atoms with E-state index >= 15 is 0 Å². The number of nitrogens with two attached hydrogens (primary N) is 1. The van der Waals surface area contributed by atoms with Gasteiger partial charge in [0.1, 0.15) is 0 Å². The molecule has 0 aliphatic carbocycles. The van der Waals surface area contributed by atoms with E-state index in [4.69, 9.17) is 5.73 Å². The van der Waals surface area contributed by atoms with E-state index in [0.29, 0.717) is 19.0 Å². The van der Waals surface area contributed by atoms with Gasteiger partial charge in [-0.15, -0.1) is 0 Å². The smallest absolute Gasteiger partial charge is 0.224 e. The van der Waals surface area contributed by atoms with E-state index in [1.807, 2.05) is 6.92 Å². The van der Waals surface area contributed by atoms with Gasteiger partial charge in [-0.2, -0.15) is 0 Å². The van der Waals surface area contributed by atoms with Crippen LogP contribution in [0.25, 0.3) is 0 Å². The molecule has 0 heterocycles. The number of rotatable bonds is 7. The molecule has 1 aromatic carbocycles. The van der Waals surface area contributed by atoms with Gasteiger partial charge in [-0.1, -0.05) is 45.0 Å². The monoisotopic (exact) mass is 262 g/mol. The van der Waals surface area contributed by atoms with E-state index in [-0.39, 0.29) is 11.8 Å². The lowest BCUT2D eigenvalue weighted by molar-refractivity contribution is -0.124. The van der Waals surface area contributed by atoms with Gasteiger partial charge in [-0.05, 0) is 29.9 Å². The van der Waals surface area contributed by atoms with Gasteiger partial charge in [-0.3, -0.25) is 4.79 Å². The Bertz CT molecular complexity index is 384. The Labute approximate surface area is 116 Å². The molecular weight excluding hydrogens is 236 g/mol. The highest BCUT2D eigenvalue weighted by Crippen LogP contribution is 2.10. The first kappa shape index (κ1) is 15.7. The molecule has 3 heteroatoms. The fourth-order valence-electron chi connectivity index (χ4n) is 1.92. The fraction of sp³-hybridized carbons (Fsp3) is 0.562. The van der Waals surface area contributed by atoms with Crippen LogP contribution >= 0.6 is 0 Å². The maximum atomic E-state index is 11.5. The minimum Gasteiger partial charge on any atom is -0.355 e. The van der Waals surface area contributed by atoms with Crippen LogP contribution in [0.4, 0.5) is 0 Å². The molecule has 0 aromatic heterocycles. The molecule has 0 aliphatic heterocycles. The molecule has 3 nitrogen and oxygen atoms in total. The van der Waals surface area contributed by atoms with Crippen molar-refractivity contribution < 1.29 is 4.79 Å². The summed E-state index contributed by atoms with van der Waals surface area (Å²) < 4.78 is 0. The number of nitrogens with one attached hydrogen (secondary N) is 1. The van der Waals surface area contributed by atoms with Crippen molar-refractivity contribution in [2.45, 2.75) is 33.6 Å². The Balaban J connectivity index is 2.36. The van der Waals surface area contributed by atoms with E-state index in [1.165, 1.54) is 11.1 Å². The summed E-state index contributed by atoms with van der Waals surface area (Å²) in [5.74, 6) is 0.621. The van der Waals surface area contributed by atoms with E-state index in [9.17, 15) is 4.79 Å². The molecular formula is C16H26N2O. The van der Waals surface area contributed by atoms with Gasteiger partial charge in [0.05, 0.1) is 0 Å². The molecule has 19 heavy (non-hydrogen) atoms.